The van der Waals surface area contributed by atoms with Crippen LogP contribution in [-0.4, -0.2) is 23.9 Å². The van der Waals surface area contributed by atoms with Crippen LogP contribution in [0.2, 0.25) is 0 Å². The van der Waals surface area contributed by atoms with E-state index < -0.39 is 29.4 Å². The highest BCUT2D eigenvalue weighted by Crippen LogP contribution is 2.19. The van der Waals surface area contributed by atoms with Crippen molar-refractivity contribution in [3.05, 3.63) is 35.9 Å². The first-order valence-electron chi connectivity index (χ1n) is 7.24. The molecule has 0 heterocycles. The monoisotopic (exact) mass is 321 g/mol. The number of alkyl carbamates (subject to hydrolysis) is 1. The zero-order valence-corrected chi connectivity index (χ0v) is 13.8. The van der Waals surface area contributed by atoms with Crippen LogP contribution in [0.4, 0.5) is 4.79 Å². The Morgan fingerprint density at radius 2 is 1.70 bits per heavy atom. The van der Waals surface area contributed by atoms with Crippen molar-refractivity contribution in [1.82, 2.24) is 16.2 Å². The average Bonchev–Trinajstić information content (AvgIpc) is 2.48. The molecule has 3 N–H and O–H groups in total. The summed E-state index contributed by atoms with van der Waals surface area (Å²) in [5, 5.41) is 2.53. The molecule has 1 aromatic carbocycles. The van der Waals surface area contributed by atoms with Gasteiger partial charge in [-0.2, -0.15) is 0 Å². The van der Waals surface area contributed by atoms with E-state index in [0.717, 1.165) is 5.56 Å². The Morgan fingerprint density at radius 1 is 1.09 bits per heavy atom. The van der Waals surface area contributed by atoms with Gasteiger partial charge in [0.15, 0.2) is 0 Å². The molecule has 3 amide bonds. The van der Waals surface area contributed by atoms with Gasteiger partial charge in [-0.15, -0.1) is 0 Å². The summed E-state index contributed by atoms with van der Waals surface area (Å²) in [5.74, 6) is -0.929. The van der Waals surface area contributed by atoms with E-state index in [4.69, 9.17) is 4.74 Å². The predicted molar refractivity (Wildman–Crippen MR) is 85.0 cm³/mol. The lowest BCUT2D eigenvalue weighted by atomic mass is 9.86. The summed E-state index contributed by atoms with van der Waals surface area (Å²) < 4.78 is 5.11. The smallest absolute Gasteiger partial charge is 0.408 e. The van der Waals surface area contributed by atoms with E-state index in [-0.39, 0.29) is 6.61 Å². The fraction of sp³-hybridized carbons (Fsp3) is 0.438. The fourth-order valence-electron chi connectivity index (χ4n) is 1.78. The van der Waals surface area contributed by atoms with Crippen molar-refractivity contribution < 1.29 is 19.1 Å². The summed E-state index contributed by atoms with van der Waals surface area (Å²) in [7, 11) is 0. The van der Waals surface area contributed by atoms with Crippen LogP contribution in [0.1, 0.15) is 33.3 Å². The van der Waals surface area contributed by atoms with Crippen molar-refractivity contribution in [3.8, 4) is 0 Å². The standard InChI is InChI=1S/C16H23N3O4/c1-11(20)18-19-14(21)13(16(2,3)4)17-15(22)23-10-12-8-6-5-7-9-12/h5-9,13H,10H2,1-4H3,(H,17,22)(H,18,20)(H,19,21)/t13-/m1/s1. The first kappa shape index (κ1) is 18.5. The number of ether oxygens (including phenoxy) is 1. The first-order chi connectivity index (χ1) is 10.7. The Hall–Kier alpha value is -2.57. The normalized spacial score (nSPS) is 12.0. The minimum Gasteiger partial charge on any atom is -0.445 e. The minimum atomic E-state index is -0.863. The molecular formula is C16H23N3O4. The quantitative estimate of drug-likeness (QED) is 0.732. The van der Waals surface area contributed by atoms with Gasteiger partial charge in [0.25, 0.3) is 5.91 Å². The third-order valence-corrected chi connectivity index (χ3v) is 2.96. The third-order valence-electron chi connectivity index (χ3n) is 2.96. The van der Waals surface area contributed by atoms with Crippen molar-refractivity contribution >= 4 is 17.9 Å². The van der Waals surface area contributed by atoms with Crippen LogP contribution < -0.4 is 16.2 Å². The number of carbonyl (C=O) groups is 3. The van der Waals surface area contributed by atoms with Crippen molar-refractivity contribution in [1.29, 1.82) is 0 Å². The highest BCUT2D eigenvalue weighted by Gasteiger charge is 2.33. The Bertz CT molecular complexity index is 552. The lowest BCUT2D eigenvalue weighted by Gasteiger charge is -2.29. The zero-order valence-electron chi connectivity index (χ0n) is 13.8. The molecule has 0 aliphatic carbocycles. The summed E-state index contributed by atoms with van der Waals surface area (Å²) in [6.07, 6.45) is -0.702. The second kappa shape index (κ2) is 8.17. The highest BCUT2D eigenvalue weighted by molar-refractivity contribution is 5.88. The maximum atomic E-state index is 12.1. The second-order valence-electron chi connectivity index (χ2n) is 6.18. The number of amides is 3. The number of hydrazine groups is 1. The molecule has 7 nitrogen and oxygen atoms in total. The van der Waals surface area contributed by atoms with Gasteiger partial charge in [-0.25, -0.2) is 4.79 Å². The van der Waals surface area contributed by atoms with Crippen LogP contribution in [0.15, 0.2) is 30.3 Å². The maximum Gasteiger partial charge on any atom is 0.408 e. The predicted octanol–water partition coefficient (Wildman–Crippen LogP) is 1.49. The molecule has 0 bridgehead atoms. The van der Waals surface area contributed by atoms with Gasteiger partial charge >= 0.3 is 6.09 Å². The van der Waals surface area contributed by atoms with Crippen LogP contribution >= 0.6 is 0 Å². The van der Waals surface area contributed by atoms with Gasteiger partial charge in [0.1, 0.15) is 12.6 Å². The molecular weight excluding hydrogens is 298 g/mol. The van der Waals surface area contributed by atoms with Crippen molar-refractivity contribution in [2.24, 2.45) is 5.41 Å². The van der Waals surface area contributed by atoms with Gasteiger partial charge in [-0.3, -0.25) is 20.4 Å². The van der Waals surface area contributed by atoms with Crippen molar-refractivity contribution in [2.45, 2.75) is 40.3 Å². The molecule has 1 rings (SSSR count). The average molecular weight is 321 g/mol. The Labute approximate surface area is 135 Å². The molecule has 0 aliphatic heterocycles. The highest BCUT2D eigenvalue weighted by atomic mass is 16.5. The van der Waals surface area contributed by atoms with Gasteiger partial charge < -0.3 is 10.1 Å². The number of hydrogen-bond donors (Lipinski definition) is 3. The Balaban J connectivity index is 2.60. The summed E-state index contributed by atoms with van der Waals surface area (Å²) in [4.78, 5) is 34.9. The Kier molecular flexibility index (Phi) is 6.56. The fourth-order valence-corrected chi connectivity index (χ4v) is 1.78. The molecule has 0 saturated carbocycles. The molecule has 7 heteroatoms. The molecule has 126 valence electrons. The van der Waals surface area contributed by atoms with E-state index in [2.05, 4.69) is 16.2 Å². The summed E-state index contributed by atoms with van der Waals surface area (Å²) >= 11 is 0. The van der Waals surface area contributed by atoms with E-state index in [1.807, 2.05) is 30.3 Å². The van der Waals surface area contributed by atoms with E-state index in [9.17, 15) is 14.4 Å². The van der Waals surface area contributed by atoms with Gasteiger partial charge in [0, 0.05) is 6.92 Å². The zero-order chi connectivity index (χ0) is 17.5. The lowest BCUT2D eigenvalue weighted by molar-refractivity contribution is -0.130. The molecule has 0 unspecified atom stereocenters. The lowest BCUT2D eigenvalue weighted by Crippen LogP contribution is -2.57. The van der Waals surface area contributed by atoms with Crippen LogP contribution in [-0.2, 0) is 20.9 Å². The van der Waals surface area contributed by atoms with E-state index in [1.165, 1.54) is 6.92 Å². The molecule has 23 heavy (non-hydrogen) atoms. The summed E-state index contributed by atoms with van der Waals surface area (Å²) in [6, 6.07) is 8.35. The summed E-state index contributed by atoms with van der Waals surface area (Å²) in [5.41, 5.74) is 4.74. The van der Waals surface area contributed by atoms with Gasteiger partial charge in [0.2, 0.25) is 5.91 Å². The number of nitrogens with one attached hydrogen (secondary N) is 3. The van der Waals surface area contributed by atoms with E-state index in [1.54, 1.807) is 20.8 Å². The minimum absolute atomic E-state index is 0.108. The van der Waals surface area contributed by atoms with Gasteiger partial charge in [0.05, 0.1) is 0 Å². The molecule has 0 saturated heterocycles. The second-order valence-corrected chi connectivity index (χ2v) is 6.18. The molecule has 1 atom stereocenters. The topological polar surface area (TPSA) is 96.5 Å². The largest absolute Gasteiger partial charge is 0.445 e. The van der Waals surface area contributed by atoms with E-state index >= 15 is 0 Å². The van der Waals surface area contributed by atoms with Crippen LogP contribution in [0.5, 0.6) is 0 Å². The SMILES string of the molecule is CC(=O)NNC(=O)[C@@H](NC(=O)OCc1ccccc1)C(C)(C)C. The molecule has 1 aromatic rings. The number of rotatable bonds is 4. The van der Waals surface area contributed by atoms with Crippen molar-refractivity contribution in [3.63, 3.8) is 0 Å². The molecule has 0 fully saturated rings. The number of hydrogen-bond acceptors (Lipinski definition) is 4. The van der Waals surface area contributed by atoms with E-state index in [0.29, 0.717) is 0 Å². The maximum absolute atomic E-state index is 12.1. The summed E-state index contributed by atoms with van der Waals surface area (Å²) in [6.45, 7) is 6.76. The number of benzene rings is 1. The third kappa shape index (κ3) is 6.82. The van der Waals surface area contributed by atoms with Crippen molar-refractivity contribution in [2.75, 3.05) is 0 Å². The Morgan fingerprint density at radius 3 is 2.22 bits per heavy atom. The molecule has 0 aliphatic rings. The van der Waals surface area contributed by atoms with Crippen LogP contribution in [0.25, 0.3) is 0 Å². The van der Waals surface area contributed by atoms with Gasteiger partial charge in [-0.1, -0.05) is 51.1 Å². The molecule has 0 radical (unpaired) electrons. The number of carbonyl (C=O) groups excluding carboxylic acids is 3. The molecule has 0 spiro atoms. The van der Waals surface area contributed by atoms with Crippen LogP contribution in [0.3, 0.4) is 0 Å². The molecule has 0 aromatic heterocycles. The van der Waals surface area contributed by atoms with Crippen LogP contribution in [0, 0.1) is 5.41 Å². The first-order valence-corrected chi connectivity index (χ1v) is 7.24. The van der Waals surface area contributed by atoms with Gasteiger partial charge in [-0.05, 0) is 11.0 Å².